The van der Waals surface area contributed by atoms with Gasteiger partial charge in [-0.2, -0.15) is 0 Å². The van der Waals surface area contributed by atoms with Crippen LogP contribution in [0, 0.1) is 6.07 Å². The molecule has 0 amide bonds. The molecule has 2 N–H and O–H groups in total. The molecule has 0 bridgehead atoms. The number of benzene rings is 10. The summed E-state index contributed by atoms with van der Waals surface area (Å²) in [6, 6.07) is 95.2. The Hall–Kier alpha value is -10.1. The van der Waals surface area contributed by atoms with E-state index in [0.29, 0.717) is 23.9 Å². The van der Waals surface area contributed by atoms with Gasteiger partial charge in [0.25, 0.3) is 0 Å². The minimum atomic E-state index is -0.375. The van der Waals surface area contributed by atoms with Crippen molar-refractivity contribution in [2.24, 2.45) is 0 Å². The first-order valence-electron chi connectivity index (χ1n) is 30.8. The van der Waals surface area contributed by atoms with Crippen molar-refractivity contribution in [2.75, 3.05) is 0 Å². The zero-order chi connectivity index (χ0) is 63.4. The third-order valence-electron chi connectivity index (χ3n) is 15.6. The van der Waals surface area contributed by atoms with Gasteiger partial charge in [-0.15, -0.1) is 47.2 Å². The molecule has 93 heavy (non-hydrogen) atoms. The van der Waals surface area contributed by atoms with Crippen molar-refractivity contribution >= 4 is 53.3 Å². The van der Waals surface area contributed by atoms with E-state index in [4.69, 9.17) is 25.2 Å². The molecule has 0 saturated heterocycles. The Morgan fingerprint density at radius 2 is 0.849 bits per heavy atom. The molecule has 5 heterocycles. The molecule has 2 unspecified atom stereocenters. The van der Waals surface area contributed by atoms with Crippen LogP contribution in [0.15, 0.2) is 286 Å². The topological polar surface area (TPSA) is 131 Å². The summed E-state index contributed by atoms with van der Waals surface area (Å²) in [7, 11) is 0. The molecule has 0 aliphatic heterocycles. The molecule has 459 valence electrons. The van der Waals surface area contributed by atoms with Gasteiger partial charge in [0.1, 0.15) is 6.33 Å². The average Bonchev–Trinajstić information content (AvgIpc) is 1.74. The van der Waals surface area contributed by atoms with Gasteiger partial charge in [0.15, 0.2) is 17.5 Å². The average molecular weight is 1410 g/mol. The first-order valence-corrected chi connectivity index (χ1v) is 31.6. The second-order valence-corrected chi connectivity index (χ2v) is 24.6. The van der Waals surface area contributed by atoms with Crippen LogP contribution in [0.1, 0.15) is 46.7 Å². The number of aromatic nitrogens is 7. The molecule has 0 spiro atoms. The number of hydrogen-bond acceptors (Lipinski definition) is 10. The van der Waals surface area contributed by atoms with Crippen LogP contribution in [0.3, 0.4) is 0 Å². The maximum atomic E-state index is 8.56. The zero-order valence-corrected chi connectivity index (χ0v) is 55.5. The van der Waals surface area contributed by atoms with E-state index in [-0.39, 0.29) is 37.7 Å². The van der Waals surface area contributed by atoms with E-state index in [2.05, 4.69) is 211 Å². The fourth-order valence-electron chi connectivity index (χ4n) is 11.1. The third kappa shape index (κ3) is 15.5. The largest absolute Gasteiger partial charge is 0.393 e. The number of rotatable bonds is 10. The quantitative estimate of drug-likeness (QED) is 0.101. The van der Waals surface area contributed by atoms with Gasteiger partial charge < -0.3 is 10.2 Å². The van der Waals surface area contributed by atoms with Gasteiger partial charge in [0.05, 0.1) is 23.2 Å². The van der Waals surface area contributed by atoms with Crippen LogP contribution in [-0.4, -0.2) is 57.3 Å². The molecule has 0 fully saturated rings. The molecule has 15 aromatic rings. The van der Waals surface area contributed by atoms with E-state index in [1.807, 2.05) is 127 Å². The van der Waals surface area contributed by atoms with Crippen molar-refractivity contribution < 1.29 is 30.3 Å². The SMILES string of the molecule is CC(C)(C)c1cc(-c2[c-]cccc2)ncn1.CC(O)CC(C)O.[Ir].c1ccc(-c2ccnc3c2ccc2c(-c4ccccc4)ccnc23)cc1.c1ccc(-c2nc(-c3ccccc3)nc(-c3cccc(-c4cccc(-c5cccc6c5sc5ccccc56)c4)c3)n2)cc1. The van der Waals surface area contributed by atoms with Crippen molar-refractivity contribution in [2.45, 2.75) is 58.7 Å². The predicted octanol–water partition coefficient (Wildman–Crippen LogP) is 20.1. The van der Waals surface area contributed by atoms with Crippen LogP contribution in [0.25, 0.3) is 132 Å². The smallest absolute Gasteiger partial charge is 0.164 e. The summed E-state index contributed by atoms with van der Waals surface area (Å²) in [5.41, 5.74) is 17.3. The molecule has 15 rings (SSSR count). The molecule has 5 aromatic heterocycles. The molecule has 10 aromatic carbocycles. The van der Waals surface area contributed by atoms with E-state index in [9.17, 15) is 0 Å². The monoisotopic (exact) mass is 1410 g/mol. The van der Waals surface area contributed by atoms with Gasteiger partial charge in [0.2, 0.25) is 0 Å². The minimum Gasteiger partial charge on any atom is -0.393 e. The number of pyridine rings is 2. The molecule has 0 aliphatic carbocycles. The van der Waals surface area contributed by atoms with Crippen LogP contribution in [0.4, 0.5) is 0 Å². The van der Waals surface area contributed by atoms with E-state index in [1.54, 1.807) is 20.2 Å². The summed E-state index contributed by atoms with van der Waals surface area (Å²) >= 11 is 1.86. The maximum Gasteiger partial charge on any atom is 0.164 e. The molecule has 9 nitrogen and oxygen atoms in total. The molecular weight excluding hydrogens is 1340 g/mol. The van der Waals surface area contributed by atoms with Crippen molar-refractivity contribution in [3.8, 4) is 89.9 Å². The number of aliphatic hydroxyl groups is 2. The molecule has 0 saturated carbocycles. The summed E-state index contributed by atoms with van der Waals surface area (Å²) in [4.78, 5) is 32.6. The summed E-state index contributed by atoms with van der Waals surface area (Å²) < 4.78 is 2.64. The van der Waals surface area contributed by atoms with Crippen molar-refractivity contribution in [1.82, 2.24) is 34.9 Å². The zero-order valence-electron chi connectivity index (χ0n) is 52.3. The third-order valence-corrected chi connectivity index (χ3v) is 16.8. The Balaban J connectivity index is 0.000000149. The van der Waals surface area contributed by atoms with Crippen molar-refractivity contribution in [3.05, 3.63) is 297 Å². The molecule has 11 heteroatoms. The Bertz CT molecular complexity index is 4790. The Morgan fingerprint density at radius 3 is 1.37 bits per heavy atom. The fraction of sp³-hybridized carbons (Fsp3) is 0.110. The number of aliphatic hydroxyl groups excluding tert-OH is 2. The van der Waals surface area contributed by atoms with Crippen molar-refractivity contribution in [3.63, 3.8) is 0 Å². The van der Waals surface area contributed by atoms with Crippen molar-refractivity contribution in [1.29, 1.82) is 0 Å². The van der Waals surface area contributed by atoms with Gasteiger partial charge in [0, 0.05) is 91.2 Å². The van der Waals surface area contributed by atoms with Crippen LogP contribution in [-0.2, 0) is 25.5 Å². The van der Waals surface area contributed by atoms with E-state index in [1.165, 1.54) is 53.6 Å². The molecule has 1 radical (unpaired) electrons. The summed E-state index contributed by atoms with van der Waals surface area (Å²) in [6.07, 6.45) is 5.10. The second kappa shape index (κ2) is 29.9. The fourth-order valence-corrected chi connectivity index (χ4v) is 12.4. The summed E-state index contributed by atoms with van der Waals surface area (Å²) in [5, 5.41) is 22.0. The number of fused-ring (bicyclic) bond motifs is 6. The van der Waals surface area contributed by atoms with E-state index < -0.39 is 0 Å². The summed E-state index contributed by atoms with van der Waals surface area (Å²) in [5.74, 6) is 1.97. The van der Waals surface area contributed by atoms with Gasteiger partial charge in [-0.3, -0.25) is 15.0 Å². The van der Waals surface area contributed by atoms with E-state index in [0.717, 1.165) is 66.6 Å². The van der Waals surface area contributed by atoms with Gasteiger partial charge >= 0.3 is 0 Å². The first kappa shape index (κ1) is 64.4. The molecular formula is C82H68IrN7O2S-. The number of hydrogen-bond donors (Lipinski definition) is 2. The second-order valence-electron chi connectivity index (χ2n) is 23.5. The standard InChI is InChI=1S/C39H25N3S.C24H16N2.C14H15N2.C5H12O2.Ir/c1-3-12-26(13-4-1)37-40-38(27-14-5-2-6-15-27)42-39(41-37)31-19-10-17-29(25-31)28-16-9-18-30(24-28)32-21-11-22-34-33-20-7-8-23-35(33)43-36(32)34;1-3-7-17(8-4-1)19-13-15-25-23-21(19)11-12-22-20(14-16-26-24(22)23)18-9-5-2-6-10-18;1-14(2,3)13-9-12(15-10-16-13)11-7-5-4-6-8-11;1-4(6)3-5(2)7;/h1-25H;1-16H;4-7,9-10H,1-3H3;4-7H,3H2,1-2H3;/q;;-1;;. The van der Waals surface area contributed by atoms with E-state index >= 15 is 0 Å². The van der Waals surface area contributed by atoms with Crippen LogP contribution >= 0.6 is 11.3 Å². The molecule has 0 aliphatic rings. The Kier molecular flexibility index (Phi) is 20.7. The predicted molar refractivity (Wildman–Crippen MR) is 381 cm³/mol. The minimum absolute atomic E-state index is 0. The number of thiophene rings is 1. The first-order chi connectivity index (χ1) is 44.9. The Morgan fingerprint density at radius 1 is 0.398 bits per heavy atom. The normalized spacial score (nSPS) is 11.7. The number of nitrogens with zero attached hydrogens (tertiary/aromatic N) is 7. The van der Waals surface area contributed by atoms with Crippen LogP contribution in [0.2, 0.25) is 0 Å². The van der Waals surface area contributed by atoms with Crippen LogP contribution < -0.4 is 0 Å². The Labute approximate surface area is 560 Å². The van der Waals surface area contributed by atoms with Crippen LogP contribution in [0.5, 0.6) is 0 Å². The maximum absolute atomic E-state index is 8.56. The summed E-state index contributed by atoms with van der Waals surface area (Å²) in [6.45, 7) is 9.76. The van der Waals surface area contributed by atoms with Gasteiger partial charge in [-0.25, -0.2) is 19.9 Å². The van der Waals surface area contributed by atoms with Gasteiger partial charge in [-0.1, -0.05) is 233 Å². The molecule has 2 atom stereocenters. The van der Waals surface area contributed by atoms with Gasteiger partial charge in [-0.05, 0) is 101 Å².